The highest BCUT2D eigenvalue weighted by molar-refractivity contribution is 7.89. The quantitative estimate of drug-likeness (QED) is 0.634. The molecule has 9 heteroatoms. The lowest BCUT2D eigenvalue weighted by Crippen LogP contribution is -2.35. The van der Waals surface area contributed by atoms with E-state index in [2.05, 4.69) is 15.4 Å². The van der Waals surface area contributed by atoms with E-state index in [1.807, 2.05) is 0 Å². The largest absolute Gasteiger partial charge is 0.351 e. The number of hydrogen-bond donors (Lipinski definition) is 3. The van der Waals surface area contributed by atoms with Crippen LogP contribution in [0.1, 0.15) is 17.3 Å². The first-order chi connectivity index (χ1) is 12.3. The maximum absolute atomic E-state index is 13.5. The van der Waals surface area contributed by atoms with Crippen LogP contribution in [-0.4, -0.2) is 33.3 Å². The summed E-state index contributed by atoms with van der Waals surface area (Å²) >= 11 is 0. The fourth-order valence-corrected chi connectivity index (χ4v) is 3.22. The molecule has 0 radical (unpaired) electrons. The minimum atomic E-state index is -3.99. The molecule has 2 aromatic rings. The highest BCUT2D eigenvalue weighted by Crippen LogP contribution is 2.12. The van der Waals surface area contributed by atoms with E-state index in [-0.39, 0.29) is 19.0 Å². The maximum atomic E-state index is 13.5. The highest BCUT2D eigenvalue weighted by Gasteiger charge is 2.17. The molecule has 0 atom stereocenters. The lowest BCUT2D eigenvalue weighted by Gasteiger charge is -2.09. The van der Waals surface area contributed by atoms with Gasteiger partial charge in [0.05, 0.1) is 0 Å². The Bertz CT molecular complexity index is 898. The van der Waals surface area contributed by atoms with Crippen LogP contribution in [0.25, 0.3) is 0 Å². The Labute approximate surface area is 150 Å². The van der Waals surface area contributed by atoms with E-state index in [0.717, 1.165) is 12.1 Å². The van der Waals surface area contributed by atoms with Gasteiger partial charge in [0, 0.05) is 31.3 Å². The summed E-state index contributed by atoms with van der Waals surface area (Å²) in [5.41, 5.74) is 0.919. The summed E-state index contributed by atoms with van der Waals surface area (Å²) in [5, 5.41) is 5.13. The molecule has 0 bridgehead atoms. The summed E-state index contributed by atoms with van der Waals surface area (Å²) in [7, 11) is -3.99. The zero-order valence-electron chi connectivity index (χ0n) is 14.0. The fraction of sp³-hybridized carbons (Fsp3) is 0.176. The van der Waals surface area contributed by atoms with Gasteiger partial charge in [0.25, 0.3) is 5.91 Å². The number of hydrogen-bond acceptors (Lipinski definition) is 4. The SMILES string of the molecule is CC(=O)Nc1ccc(C(=O)NCCNS(=O)(=O)c2ccccc2F)cc1. The summed E-state index contributed by atoms with van der Waals surface area (Å²) in [5.74, 6) is -1.46. The van der Waals surface area contributed by atoms with Gasteiger partial charge in [-0.25, -0.2) is 17.5 Å². The first-order valence-corrected chi connectivity index (χ1v) is 9.18. The molecule has 7 nitrogen and oxygen atoms in total. The Hall–Kier alpha value is -2.78. The van der Waals surface area contributed by atoms with Crippen LogP contribution >= 0.6 is 0 Å². The molecule has 0 fully saturated rings. The molecular formula is C17H18FN3O4S. The molecular weight excluding hydrogens is 361 g/mol. The van der Waals surface area contributed by atoms with Crippen LogP contribution < -0.4 is 15.4 Å². The number of carbonyl (C=O) groups is 2. The van der Waals surface area contributed by atoms with E-state index >= 15 is 0 Å². The van der Waals surface area contributed by atoms with Gasteiger partial charge in [-0.3, -0.25) is 9.59 Å². The number of anilines is 1. The standard InChI is InChI=1S/C17H18FN3O4S/c1-12(22)21-14-8-6-13(7-9-14)17(23)19-10-11-20-26(24,25)16-5-3-2-4-15(16)18/h2-9,20H,10-11H2,1H3,(H,19,23)(H,21,22). The Morgan fingerprint density at radius 1 is 1.00 bits per heavy atom. The molecule has 138 valence electrons. The van der Waals surface area contributed by atoms with Gasteiger partial charge in [0.15, 0.2) is 0 Å². The van der Waals surface area contributed by atoms with Crippen LogP contribution in [0.3, 0.4) is 0 Å². The normalized spacial score (nSPS) is 11.0. The average Bonchev–Trinajstić information content (AvgIpc) is 2.59. The lowest BCUT2D eigenvalue weighted by atomic mass is 10.2. The molecule has 0 aliphatic rings. The zero-order chi connectivity index (χ0) is 19.2. The molecule has 0 aliphatic carbocycles. The molecule has 0 saturated heterocycles. The maximum Gasteiger partial charge on any atom is 0.251 e. The predicted molar refractivity (Wildman–Crippen MR) is 94.7 cm³/mol. The summed E-state index contributed by atoms with van der Waals surface area (Å²) < 4.78 is 39.8. The fourth-order valence-electron chi connectivity index (χ4n) is 2.11. The van der Waals surface area contributed by atoms with Crippen LogP contribution in [-0.2, 0) is 14.8 Å². The van der Waals surface area contributed by atoms with Crippen molar-refractivity contribution in [3.8, 4) is 0 Å². The van der Waals surface area contributed by atoms with Gasteiger partial charge >= 0.3 is 0 Å². The third-order valence-electron chi connectivity index (χ3n) is 3.30. The summed E-state index contributed by atoms with van der Waals surface area (Å²) in [6.45, 7) is 1.31. The van der Waals surface area contributed by atoms with Crippen LogP contribution in [0.15, 0.2) is 53.4 Å². The van der Waals surface area contributed by atoms with E-state index in [9.17, 15) is 22.4 Å². The number of nitrogens with one attached hydrogen (secondary N) is 3. The molecule has 0 unspecified atom stereocenters. The van der Waals surface area contributed by atoms with Crippen molar-refractivity contribution in [3.63, 3.8) is 0 Å². The van der Waals surface area contributed by atoms with Crippen molar-refractivity contribution in [3.05, 3.63) is 59.9 Å². The second-order valence-corrected chi connectivity index (χ2v) is 7.08. The van der Waals surface area contributed by atoms with E-state index in [4.69, 9.17) is 0 Å². The lowest BCUT2D eigenvalue weighted by molar-refractivity contribution is -0.114. The molecule has 2 amide bonds. The number of sulfonamides is 1. The highest BCUT2D eigenvalue weighted by atomic mass is 32.2. The zero-order valence-corrected chi connectivity index (χ0v) is 14.8. The van der Waals surface area contributed by atoms with Crippen LogP contribution in [0.4, 0.5) is 10.1 Å². The van der Waals surface area contributed by atoms with Crippen LogP contribution in [0.2, 0.25) is 0 Å². The topological polar surface area (TPSA) is 104 Å². The Morgan fingerprint density at radius 2 is 1.65 bits per heavy atom. The smallest absolute Gasteiger partial charge is 0.251 e. The van der Waals surface area contributed by atoms with Crippen LogP contribution in [0, 0.1) is 5.82 Å². The van der Waals surface area contributed by atoms with Gasteiger partial charge in [-0.05, 0) is 36.4 Å². The van der Waals surface area contributed by atoms with E-state index < -0.39 is 26.6 Å². The van der Waals surface area contributed by atoms with Gasteiger partial charge in [0.1, 0.15) is 10.7 Å². The molecule has 0 aliphatic heterocycles. The molecule has 2 rings (SSSR count). The molecule has 3 N–H and O–H groups in total. The summed E-state index contributed by atoms with van der Waals surface area (Å²) in [6.07, 6.45) is 0. The van der Waals surface area contributed by atoms with E-state index in [1.54, 1.807) is 12.1 Å². The van der Waals surface area contributed by atoms with Gasteiger partial charge in [0.2, 0.25) is 15.9 Å². The van der Waals surface area contributed by atoms with Crippen molar-refractivity contribution in [1.29, 1.82) is 0 Å². The summed E-state index contributed by atoms with van der Waals surface area (Å²) in [6, 6.07) is 11.3. The first kappa shape index (κ1) is 19.5. The second-order valence-electron chi connectivity index (χ2n) is 5.34. The Balaban J connectivity index is 1.85. The molecule has 26 heavy (non-hydrogen) atoms. The van der Waals surface area contributed by atoms with Gasteiger partial charge < -0.3 is 10.6 Å². The van der Waals surface area contributed by atoms with Crippen molar-refractivity contribution in [2.45, 2.75) is 11.8 Å². The third-order valence-corrected chi connectivity index (χ3v) is 4.79. The molecule has 2 aromatic carbocycles. The minimum Gasteiger partial charge on any atom is -0.351 e. The number of rotatable bonds is 7. The van der Waals surface area contributed by atoms with Crippen molar-refractivity contribution in [2.75, 3.05) is 18.4 Å². The third kappa shape index (κ3) is 5.36. The molecule has 0 heterocycles. The Kier molecular flexibility index (Phi) is 6.42. The predicted octanol–water partition coefficient (Wildman–Crippen LogP) is 1.49. The van der Waals surface area contributed by atoms with Crippen molar-refractivity contribution in [2.24, 2.45) is 0 Å². The molecule has 0 spiro atoms. The first-order valence-electron chi connectivity index (χ1n) is 7.69. The average molecular weight is 379 g/mol. The van der Waals surface area contributed by atoms with Crippen molar-refractivity contribution in [1.82, 2.24) is 10.0 Å². The number of carbonyl (C=O) groups excluding carboxylic acids is 2. The van der Waals surface area contributed by atoms with E-state index in [0.29, 0.717) is 11.3 Å². The van der Waals surface area contributed by atoms with Gasteiger partial charge in [-0.1, -0.05) is 12.1 Å². The molecule has 0 aromatic heterocycles. The minimum absolute atomic E-state index is 0.0277. The van der Waals surface area contributed by atoms with Gasteiger partial charge in [-0.2, -0.15) is 0 Å². The van der Waals surface area contributed by atoms with Crippen molar-refractivity contribution >= 4 is 27.5 Å². The monoisotopic (exact) mass is 379 g/mol. The van der Waals surface area contributed by atoms with Crippen molar-refractivity contribution < 1.29 is 22.4 Å². The number of halogens is 1. The summed E-state index contributed by atoms with van der Waals surface area (Å²) in [4.78, 5) is 22.5. The number of amides is 2. The Morgan fingerprint density at radius 3 is 2.27 bits per heavy atom. The van der Waals surface area contributed by atoms with Crippen LogP contribution in [0.5, 0.6) is 0 Å². The van der Waals surface area contributed by atoms with E-state index in [1.165, 1.54) is 31.2 Å². The second kappa shape index (κ2) is 8.54. The van der Waals surface area contributed by atoms with Gasteiger partial charge in [-0.15, -0.1) is 0 Å². The molecule has 0 saturated carbocycles. The number of benzene rings is 2.